The maximum atomic E-state index is 12.4. The van der Waals surface area contributed by atoms with Crippen LogP contribution in [-0.4, -0.2) is 25.0 Å². The van der Waals surface area contributed by atoms with Crippen LogP contribution in [0.1, 0.15) is 28.7 Å². The lowest BCUT2D eigenvalue weighted by Crippen LogP contribution is -2.36. The van der Waals surface area contributed by atoms with Gasteiger partial charge in [-0.2, -0.15) is 0 Å². The van der Waals surface area contributed by atoms with Crippen molar-refractivity contribution < 1.29 is 9.53 Å². The molecule has 1 N–H and O–H groups in total. The van der Waals surface area contributed by atoms with Crippen molar-refractivity contribution in [2.75, 3.05) is 18.5 Å². The number of ether oxygens (including phenoxy) is 1. The van der Waals surface area contributed by atoms with Gasteiger partial charge < -0.3 is 10.1 Å². The van der Waals surface area contributed by atoms with E-state index in [9.17, 15) is 4.79 Å². The molecular formula is C21H24BrNO2. The minimum atomic E-state index is -0.150. The molecule has 1 aliphatic rings. The predicted molar refractivity (Wildman–Crippen MR) is 105 cm³/mol. The Morgan fingerprint density at radius 3 is 2.88 bits per heavy atom. The van der Waals surface area contributed by atoms with Gasteiger partial charge in [-0.05, 0) is 67.5 Å². The molecule has 2 aromatic carbocycles. The number of nitrogens with one attached hydrogen (secondary N) is 1. The molecular weight excluding hydrogens is 378 g/mol. The molecule has 1 heterocycles. The Bertz CT molecular complexity index is 772. The van der Waals surface area contributed by atoms with Crippen molar-refractivity contribution in [3.63, 3.8) is 0 Å². The number of Topliss-reactive ketones (excluding diaryl/α,β-unsaturated/α-hetero) is 1. The number of fused-ring (bicyclic) bond motifs is 1. The molecule has 25 heavy (non-hydrogen) atoms. The van der Waals surface area contributed by atoms with E-state index in [-0.39, 0.29) is 18.4 Å². The van der Waals surface area contributed by atoms with E-state index in [1.54, 1.807) is 0 Å². The number of anilines is 1. The summed E-state index contributed by atoms with van der Waals surface area (Å²) in [4.78, 5) is 12.4. The first kappa shape index (κ1) is 18.2. The van der Waals surface area contributed by atoms with Crippen LogP contribution in [0, 0.1) is 13.8 Å². The van der Waals surface area contributed by atoms with E-state index in [1.807, 2.05) is 18.2 Å². The van der Waals surface area contributed by atoms with Gasteiger partial charge in [-0.15, -0.1) is 0 Å². The van der Waals surface area contributed by atoms with Gasteiger partial charge in [-0.25, -0.2) is 0 Å². The molecule has 0 aliphatic carbocycles. The van der Waals surface area contributed by atoms with Gasteiger partial charge in [0.05, 0.1) is 12.6 Å². The molecule has 132 valence electrons. The second kappa shape index (κ2) is 8.15. The maximum absolute atomic E-state index is 12.4. The summed E-state index contributed by atoms with van der Waals surface area (Å²) in [6.07, 6.45) is 2.56. The van der Waals surface area contributed by atoms with E-state index in [2.05, 4.69) is 53.3 Å². The van der Waals surface area contributed by atoms with Crippen LogP contribution in [0.15, 0.2) is 40.9 Å². The number of hydrogen-bond donors (Lipinski definition) is 1. The SMILES string of the molecule is Cc1cccc(CCOCC(=O)C2CCc3c(Br)cccc3N2)c1C. The quantitative estimate of drug-likeness (QED) is 0.717. The third-order valence-electron chi connectivity index (χ3n) is 5.00. The summed E-state index contributed by atoms with van der Waals surface area (Å²) in [6.45, 7) is 5.00. The molecule has 4 heteroatoms. The fourth-order valence-corrected chi connectivity index (χ4v) is 3.84. The van der Waals surface area contributed by atoms with Crippen LogP contribution in [0.5, 0.6) is 0 Å². The molecule has 0 amide bonds. The third-order valence-corrected chi connectivity index (χ3v) is 5.74. The number of halogens is 1. The van der Waals surface area contributed by atoms with Crippen molar-refractivity contribution in [1.29, 1.82) is 0 Å². The van der Waals surface area contributed by atoms with Crippen molar-refractivity contribution >= 4 is 27.4 Å². The topological polar surface area (TPSA) is 38.3 Å². The first-order valence-corrected chi connectivity index (χ1v) is 9.55. The highest BCUT2D eigenvalue weighted by Crippen LogP contribution is 2.31. The molecule has 0 spiro atoms. The number of hydrogen-bond acceptors (Lipinski definition) is 3. The van der Waals surface area contributed by atoms with Gasteiger partial charge in [0.15, 0.2) is 5.78 Å². The number of benzene rings is 2. The monoisotopic (exact) mass is 401 g/mol. The van der Waals surface area contributed by atoms with E-state index in [0.717, 1.165) is 29.4 Å². The number of rotatable bonds is 6. The molecule has 0 saturated carbocycles. The molecule has 0 radical (unpaired) electrons. The van der Waals surface area contributed by atoms with Crippen molar-refractivity contribution in [3.8, 4) is 0 Å². The molecule has 1 aliphatic heterocycles. The standard InChI is InChI=1S/C21H24BrNO2/c1-14-5-3-6-16(15(14)2)11-12-25-13-21(24)20-10-9-17-18(22)7-4-8-19(17)23-20/h3-8,20,23H,9-13H2,1-2H3. The van der Waals surface area contributed by atoms with Gasteiger partial charge in [0.1, 0.15) is 6.61 Å². The molecule has 1 unspecified atom stereocenters. The van der Waals surface area contributed by atoms with Crippen LogP contribution in [0.4, 0.5) is 5.69 Å². The average molecular weight is 402 g/mol. The summed E-state index contributed by atoms with van der Waals surface area (Å²) >= 11 is 3.57. The third kappa shape index (κ3) is 4.31. The van der Waals surface area contributed by atoms with Crippen LogP contribution in [0.2, 0.25) is 0 Å². The number of aryl methyl sites for hydroxylation is 1. The van der Waals surface area contributed by atoms with E-state index >= 15 is 0 Å². The summed E-state index contributed by atoms with van der Waals surface area (Å²) in [5.74, 6) is 0.131. The molecule has 2 aromatic rings. The smallest absolute Gasteiger partial charge is 0.180 e. The summed E-state index contributed by atoms with van der Waals surface area (Å²) in [6, 6.07) is 12.2. The van der Waals surface area contributed by atoms with E-state index in [0.29, 0.717) is 6.61 Å². The van der Waals surface area contributed by atoms with E-state index in [1.165, 1.54) is 22.3 Å². The Labute approximate surface area is 157 Å². The van der Waals surface area contributed by atoms with Crippen LogP contribution >= 0.6 is 15.9 Å². The van der Waals surface area contributed by atoms with Crippen molar-refractivity contribution in [1.82, 2.24) is 0 Å². The van der Waals surface area contributed by atoms with Gasteiger partial charge in [-0.3, -0.25) is 4.79 Å². The van der Waals surface area contributed by atoms with Gasteiger partial charge in [0.25, 0.3) is 0 Å². The van der Waals surface area contributed by atoms with Crippen molar-refractivity contribution in [3.05, 3.63) is 63.1 Å². The Balaban J connectivity index is 1.48. The predicted octanol–water partition coefficient (Wildman–Crippen LogP) is 4.62. The van der Waals surface area contributed by atoms with Gasteiger partial charge >= 0.3 is 0 Å². The van der Waals surface area contributed by atoms with Crippen LogP contribution < -0.4 is 5.32 Å². The lowest BCUT2D eigenvalue weighted by molar-refractivity contribution is -0.124. The lowest BCUT2D eigenvalue weighted by atomic mass is 9.96. The highest BCUT2D eigenvalue weighted by Gasteiger charge is 2.24. The fraction of sp³-hybridized carbons (Fsp3) is 0.381. The van der Waals surface area contributed by atoms with Gasteiger partial charge in [0, 0.05) is 10.2 Å². The zero-order chi connectivity index (χ0) is 17.8. The Morgan fingerprint density at radius 1 is 1.24 bits per heavy atom. The average Bonchev–Trinajstić information content (AvgIpc) is 2.62. The molecule has 0 aromatic heterocycles. The van der Waals surface area contributed by atoms with Crippen LogP contribution in [0.3, 0.4) is 0 Å². The maximum Gasteiger partial charge on any atom is 0.180 e. The zero-order valence-corrected chi connectivity index (χ0v) is 16.4. The van der Waals surface area contributed by atoms with Crippen molar-refractivity contribution in [2.45, 2.75) is 39.2 Å². The Morgan fingerprint density at radius 2 is 2.04 bits per heavy atom. The number of carbonyl (C=O) groups excluding carboxylic acids is 1. The largest absolute Gasteiger partial charge is 0.375 e. The molecule has 3 rings (SSSR count). The first-order chi connectivity index (χ1) is 12.1. The number of carbonyl (C=O) groups is 1. The summed E-state index contributed by atoms with van der Waals surface area (Å²) in [5.41, 5.74) is 6.21. The lowest BCUT2D eigenvalue weighted by Gasteiger charge is -2.26. The van der Waals surface area contributed by atoms with Gasteiger partial charge in [0.2, 0.25) is 0 Å². The zero-order valence-electron chi connectivity index (χ0n) is 14.8. The molecule has 0 bridgehead atoms. The summed E-state index contributed by atoms with van der Waals surface area (Å²) in [5, 5.41) is 3.35. The Hall–Kier alpha value is -1.65. The molecule has 0 fully saturated rings. The minimum Gasteiger partial charge on any atom is -0.375 e. The molecule has 1 atom stereocenters. The highest BCUT2D eigenvalue weighted by atomic mass is 79.9. The van der Waals surface area contributed by atoms with E-state index in [4.69, 9.17) is 4.74 Å². The van der Waals surface area contributed by atoms with Crippen molar-refractivity contribution in [2.24, 2.45) is 0 Å². The fourth-order valence-electron chi connectivity index (χ4n) is 3.28. The number of ketones is 1. The molecule has 3 nitrogen and oxygen atoms in total. The Kier molecular flexibility index (Phi) is 5.92. The highest BCUT2D eigenvalue weighted by molar-refractivity contribution is 9.10. The van der Waals surface area contributed by atoms with Gasteiger partial charge in [-0.1, -0.05) is 40.2 Å². The van der Waals surface area contributed by atoms with Crippen LogP contribution in [0.25, 0.3) is 0 Å². The van der Waals surface area contributed by atoms with Crippen LogP contribution in [-0.2, 0) is 22.4 Å². The molecule has 0 saturated heterocycles. The normalized spacial score (nSPS) is 16.2. The second-order valence-electron chi connectivity index (χ2n) is 6.63. The second-order valence-corrected chi connectivity index (χ2v) is 7.48. The summed E-state index contributed by atoms with van der Waals surface area (Å²) in [7, 11) is 0. The minimum absolute atomic E-state index is 0.131. The summed E-state index contributed by atoms with van der Waals surface area (Å²) < 4.78 is 6.77. The van der Waals surface area contributed by atoms with E-state index < -0.39 is 0 Å². The first-order valence-electron chi connectivity index (χ1n) is 8.75.